The molecular weight excluding hydrogens is 376 g/mol. The molecule has 1 aliphatic heterocycles. The lowest BCUT2D eigenvalue weighted by molar-refractivity contribution is 0.0747. The number of carbonyl (C=O) groups is 1. The van der Waals surface area contributed by atoms with E-state index >= 15 is 0 Å². The van der Waals surface area contributed by atoms with Crippen molar-refractivity contribution in [2.45, 2.75) is 26.8 Å². The minimum absolute atomic E-state index is 0.00910. The van der Waals surface area contributed by atoms with Crippen LogP contribution in [0.3, 0.4) is 0 Å². The molecule has 0 unspecified atom stereocenters. The molecule has 6 nitrogen and oxygen atoms in total. The molecule has 156 valence electrons. The number of aromatic nitrogens is 2. The number of hydrogen-bond donors (Lipinski definition) is 0. The van der Waals surface area contributed by atoms with E-state index in [1.807, 2.05) is 47.4 Å². The lowest BCUT2D eigenvalue weighted by Crippen LogP contribution is -2.49. The van der Waals surface area contributed by atoms with E-state index in [1.54, 1.807) is 17.0 Å². The van der Waals surface area contributed by atoms with Gasteiger partial charge in [0.2, 0.25) is 0 Å². The topological polar surface area (TPSA) is 58.4 Å². The van der Waals surface area contributed by atoms with E-state index in [1.165, 1.54) is 0 Å². The fourth-order valence-electron chi connectivity index (χ4n) is 3.93. The van der Waals surface area contributed by atoms with Crippen molar-refractivity contribution in [3.8, 4) is 0 Å². The maximum absolute atomic E-state index is 13.4. The smallest absolute Gasteiger partial charge is 0.258 e. The first-order valence-electron chi connectivity index (χ1n) is 10.6. The standard InChI is InChI=1S/C24H28N4O2/c1-18(2)10-12-28-17-21(19-7-3-4-8-20(19)23(28)29)24(30)27-15-13-26(14-16-27)22-9-5-6-11-25-22/h3-9,11,17-18H,10,12-16H2,1-2H3. The highest BCUT2D eigenvalue weighted by molar-refractivity contribution is 6.06. The quantitative estimate of drug-likeness (QED) is 0.654. The number of rotatable bonds is 5. The van der Waals surface area contributed by atoms with Crippen molar-refractivity contribution < 1.29 is 4.79 Å². The number of hydrogen-bond acceptors (Lipinski definition) is 4. The van der Waals surface area contributed by atoms with Crippen LogP contribution in [0.15, 0.2) is 59.7 Å². The summed E-state index contributed by atoms with van der Waals surface area (Å²) in [6, 6.07) is 13.3. The first kappa shape index (κ1) is 20.1. The van der Waals surface area contributed by atoms with Gasteiger partial charge in [0.15, 0.2) is 0 Å². The molecule has 3 aromatic rings. The average Bonchev–Trinajstić information content (AvgIpc) is 2.79. The van der Waals surface area contributed by atoms with Gasteiger partial charge in [-0.05, 0) is 30.5 Å². The molecule has 30 heavy (non-hydrogen) atoms. The third kappa shape index (κ3) is 4.08. The van der Waals surface area contributed by atoms with Crippen LogP contribution in [0.4, 0.5) is 5.82 Å². The Kier molecular flexibility index (Phi) is 5.84. The van der Waals surface area contributed by atoms with Crippen molar-refractivity contribution in [2.24, 2.45) is 5.92 Å². The predicted octanol–water partition coefficient (Wildman–Crippen LogP) is 3.41. The van der Waals surface area contributed by atoms with E-state index < -0.39 is 0 Å². The van der Waals surface area contributed by atoms with Crippen LogP contribution >= 0.6 is 0 Å². The molecule has 1 aromatic carbocycles. The number of piperazine rings is 1. The number of amides is 1. The number of carbonyl (C=O) groups excluding carboxylic acids is 1. The summed E-state index contributed by atoms with van der Waals surface area (Å²) in [6.45, 7) is 7.65. The summed E-state index contributed by atoms with van der Waals surface area (Å²) in [5, 5.41) is 1.35. The number of pyridine rings is 2. The SMILES string of the molecule is CC(C)CCn1cc(C(=O)N2CCN(c3ccccn3)CC2)c2ccccc2c1=O. The average molecular weight is 405 g/mol. The van der Waals surface area contributed by atoms with Crippen LogP contribution in [-0.2, 0) is 6.54 Å². The summed E-state index contributed by atoms with van der Waals surface area (Å²) in [5.74, 6) is 1.42. The summed E-state index contributed by atoms with van der Waals surface area (Å²) >= 11 is 0. The molecule has 0 atom stereocenters. The monoisotopic (exact) mass is 404 g/mol. The molecule has 1 aliphatic rings. The Hall–Kier alpha value is -3.15. The summed E-state index contributed by atoms with van der Waals surface area (Å²) in [6.07, 6.45) is 4.45. The summed E-state index contributed by atoms with van der Waals surface area (Å²) in [5.41, 5.74) is 0.586. The van der Waals surface area contributed by atoms with Gasteiger partial charge in [-0.2, -0.15) is 0 Å². The van der Waals surface area contributed by atoms with Crippen molar-refractivity contribution in [3.63, 3.8) is 0 Å². The second-order valence-corrected chi connectivity index (χ2v) is 8.24. The van der Waals surface area contributed by atoms with E-state index in [0.717, 1.165) is 30.7 Å². The normalized spacial score (nSPS) is 14.5. The van der Waals surface area contributed by atoms with Crippen molar-refractivity contribution in [1.29, 1.82) is 0 Å². The van der Waals surface area contributed by atoms with Crippen LogP contribution in [0.5, 0.6) is 0 Å². The second-order valence-electron chi connectivity index (χ2n) is 8.24. The molecule has 4 rings (SSSR count). The molecule has 1 saturated heterocycles. The number of aryl methyl sites for hydroxylation is 1. The van der Waals surface area contributed by atoms with Crippen LogP contribution in [0.25, 0.3) is 10.8 Å². The van der Waals surface area contributed by atoms with Crippen LogP contribution in [-0.4, -0.2) is 46.5 Å². The molecule has 0 aliphatic carbocycles. The minimum atomic E-state index is -0.0252. The molecule has 1 amide bonds. The fourth-order valence-corrected chi connectivity index (χ4v) is 3.93. The lowest BCUT2D eigenvalue weighted by atomic mass is 10.1. The first-order valence-corrected chi connectivity index (χ1v) is 10.6. The molecule has 0 bridgehead atoms. The van der Waals surface area contributed by atoms with Crippen molar-refractivity contribution in [3.05, 3.63) is 70.8 Å². The molecule has 1 fully saturated rings. The highest BCUT2D eigenvalue weighted by Gasteiger charge is 2.25. The Morgan fingerprint density at radius 1 is 1.00 bits per heavy atom. The highest BCUT2D eigenvalue weighted by Crippen LogP contribution is 2.20. The molecular formula is C24H28N4O2. The molecule has 2 aromatic heterocycles. The molecule has 0 N–H and O–H groups in total. The van der Waals surface area contributed by atoms with E-state index in [2.05, 4.69) is 23.7 Å². The van der Waals surface area contributed by atoms with Gasteiger partial charge >= 0.3 is 0 Å². The van der Waals surface area contributed by atoms with E-state index in [9.17, 15) is 9.59 Å². The number of benzene rings is 1. The van der Waals surface area contributed by atoms with Crippen LogP contribution in [0.2, 0.25) is 0 Å². The van der Waals surface area contributed by atoms with E-state index in [-0.39, 0.29) is 11.5 Å². The van der Waals surface area contributed by atoms with Gasteiger partial charge in [0.25, 0.3) is 11.5 Å². The Labute approximate surface area is 176 Å². The predicted molar refractivity (Wildman–Crippen MR) is 120 cm³/mol. The van der Waals surface area contributed by atoms with Gasteiger partial charge in [-0.25, -0.2) is 4.98 Å². The zero-order valence-corrected chi connectivity index (χ0v) is 17.6. The summed E-state index contributed by atoms with van der Waals surface area (Å²) < 4.78 is 1.71. The maximum Gasteiger partial charge on any atom is 0.258 e. The van der Waals surface area contributed by atoms with Gasteiger partial charge in [0, 0.05) is 55.9 Å². The molecule has 6 heteroatoms. The molecule has 0 spiro atoms. The number of nitrogens with zero attached hydrogens (tertiary/aromatic N) is 4. The van der Waals surface area contributed by atoms with Gasteiger partial charge < -0.3 is 14.4 Å². The molecule has 3 heterocycles. The van der Waals surface area contributed by atoms with Crippen molar-refractivity contribution in [2.75, 3.05) is 31.1 Å². The Morgan fingerprint density at radius 2 is 1.70 bits per heavy atom. The summed E-state index contributed by atoms with van der Waals surface area (Å²) in [4.78, 5) is 34.9. The number of fused-ring (bicyclic) bond motifs is 1. The van der Waals surface area contributed by atoms with Gasteiger partial charge in [0.1, 0.15) is 5.82 Å². The van der Waals surface area contributed by atoms with Gasteiger partial charge in [-0.15, -0.1) is 0 Å². The van der Waals surface area contributed by atoms with Crippen LogP contribution in [0.1, 0.15) is 30.6 Å². The minimum Gasteiger partial charge on any atom is -0.353 e. The van der Waals surface area contributed by atoms with Gasteiger partial charge in [-0.3, -0.25) is 9.59 Å². The molecule has 0 saturated carbocycles. The van der Waals surface area contributed by atoms with Gasteiger partial charge in [0.05, 0.1) is 5.56 Å². The summed E-state index contributed by atoms with van der Waals surface area (Å²) in [7, 11) is 0. The van der Waals surface area contributed by atoms with Crippen molar-refractivity contribution >= 4 is 22.5 Å². The third-order valence-corrected chi connectivity index (χ3v) is 5.71. The Bertz CT molecular complexity index is 1080. The zero-order chi connectivity index (χ0) is 21.1. The lowest BCUT2D eigenvalue weighted by Gasteiger charge is -2.35. The Balaban J connectivity index is 1.60. The second kappa shape index (κ2) is 8.69. The Morgan fingerprint density at radius 3 is 2.37 bits per heavy atom. The van der Waals surface area contributed by atoms with Crippen molar-refractivity contribution in [1.82, 2.24) is 14.5 Å². The number of anilines is 1. The first-order chi connectivity index (χ1) is 14.5. The fraction of sp³-hybridized carbons (Fsp3) is 0.375. The highest BCUT2D eigenvalue weighted by atomic mass is 16.2. The largest absolute Gasteiger partial charge is 0.353 e. The van der Waals surface area contributed by atoms with Gasteiger partial charge in [-0.1, -0.05) is 38.1 Å². The molecule has 0 radical (unpaired) electrons. The van der Waals surface area contributed by atoms with E-state index in [0.29, 0.717) is 36.5 Å². The van der Waals surface area contributed by atoms with E-state index in [4.69, 9.17) is 0 Å². The maximum atomic E-state index is 13.4. The zero-order valence-electron chi connectivity index (χ0n) is 17.6. The van der Waals surface area contributed by atoms with Crippen LogP contribution < -0.4 is 10.5 Å². The van der Waals surface area contributed by atoms with Crippen LogP contribution in [0, 0.1) is 5.92 Å². The third-order valence-electron chi connectivity index (χ3n) is 5.71.